The highest BCUT2D eigenvalue weighted by Crippen LogP contribution is 2.24. The lowest BCUT2D eigenvalue weighted by molar-refractivity contribution is 0.0698. The van der Waals surface area contributed by atoms with E-state index in [9.17, 15) is 13.2 Å². The molecule has 1 saturated heterocycles. The van der Waals surface area contributed by atoms with E-state index in [0.29, 0.717) is 24.4 Å². The molecule has 0 spiro atoms. The summed E-state index contributed by atoms with van der Waals surface area (Å²) < 4.78 is 32.3. The molecule has 2 heterocycles. The molecule has 0 atom stereocenters. The Morgan fingerprint density at radius 3 is 2.30 bits per heavy atom. The molecule has 30 heavy (non-hydrogen) atoms. The van der Waals surface area contributed by atoms with E-state index in [1.54, 1.807) is 29.2 Å². The van der Waals surface area contributed by atoms with Crippen molar-refractivity contribution in [1.82, 2.24) is 14.2 Å². The van der Waals surface area contributed by atoms with Gasteiger partial charge in [0.25, 0.3) is 5.91 Å². The van der Waals surface area contributed by atoms with E-state index in [1.165, 1.54) is 11.4 Å². The number of aromatic nitrogens is 1. The van der Waals surface area contributed by atoms with Gasteiger partial charge in [-0.1, -0.05) is 0 Å². The van der Waals surface area contributed by atoms with Gasteiger partial charge in [-0.05, 0) is 61.9 Å². The highest BCUT2D eigenvalue weighted by molar-refractivity contribution is 7.89. The second-order valence-corrected chi connectivity index (χ2v) is 9.45. The number of nitrogens with one attached hydrogen (secondary N) is 1. The average molecular weight is 428 g/mol. The molecular formula is C22H25N3O4S. The third-order valence-corrected chi connectivity index (χ3v) is 7.69. The summed E-state index contributed by atoms with van der Waals surface area (Å²) in [6.45, 7) is 5.30. The molecular weight excluding hydrogens is 402 g/mol. The first-order chi connectivity index (χ1) is 14.3. The van der Waals surface area contributed by atoms with Gasteiger partial charge in [-0.2, -0.15) is 4.31 Å². The van der Waals surface area contributed by atoms with Gasteiger partial charge in [-0.15, -0.1) is 0 Å². The van der Waals surface area contributed by atoms with Crippen LogP contribution in [-0.4, -0.2) is 61.8 Å². The number of rotatable bonds is 4. The van der Waals surface area contributed by atoms with Gasteiger partial charge in [0, 0.05) is 48.3 Å². The second-order valence-electron chi connectivity index (χ2n) is 7.51. The average Bonchev–Trinajstić information content (AvgIpc) is 3.06. The summed E-state index contributed by atoms with van der Waals surface area (Å²) >= 11 is 0. The van der Waals surface area contributed by atoms with Crippen LogP contribution in [0.25, 0.3) is 10.9 Å². The van der Waals surface area contributed by atoms with E-state index < -0.39 is 10.0 Å². The van der Waals surface area contributed by atoms with Crippen LogP contribution in [0, 0.1) is 13.8 Å². The maximum absolute atomic E-state index is 13.0. The van der Waals surface area contributed by atoms with Crippen molar-refractivity contribution in [2.24, 2.45) is 0 Å². The number of methoxy groups -OCH3 is 1. The smallest absolute Gasteiger partial charge is 0.253 e. The molecule has 8 heteroatoms. The van der Waals surface area contributed by atoms with E-state index in [0.717, 1.165) is 22.2 Å². The number of carbonyl (C=O) groups is 1. The Morgan fingerprint density at radius 2 is 1.67 bits per heavy atom. The molecule has 1 fully saturated rings. The van der Waals surface area contributed by atoms with Crippen molar-refractivity contribution in [1.29, 1.82) is 0 Å². The SMILES string of the molecule is COc1ccc(S(=O)(=O)N2CCN(C(=O)c3ccc4[nH]c(C)c(C)c4c3)CC2)cc1. The van der Waals surface area contributed by atoms with Crippen LogP contribution in [0.3, 0.4) is 0 Å². The Bertz CT molecular complexity index is 1190. The van der Waals surface area contributed by atoms with Gasteiger partial charge < -0.3 is 14.6 Å². The number of ether oxygens (including phenoxy) is 1. The Morgan fingerprint density at radius 1 is 1.00 bits per heavy atom. The third-order valence-electron chi connectivity index (χ3n) is 5.78. The number of nitrogens with zero attached hydrogens (tertiary/aromatic N) is 2. The molecule has 1 N–H and O–H groups in total. The molecule has 0 bridgehead atoms. The predicted octanol–water partition coefficient (Wildman–Crippen LogP) is 2.94. The lowest BCUT2D eigenvalue weighted by Gasteiger charge is -2.34. The van der Waals surface area contributed by atoms with Crippen LogP contribution in [0.5, 0.6) is 5.75 Å². The summed E-state index contributed by atoms with van der Waals surface area (Å²) in [5, 5.41) is 1.04. The van der Waals surface area contributed by atoms with E-state index in [2.05, 4.69) is 4.98 Å². The molecule has 0 saturated carbocycles. The third kappa shape index (κ3) is 3.57. The minimum atomic E-state index is -3.60. The first-order valence-electron chi connectivity index (χ1n) is 9.83. The normalized spacial score (nSPS) is 15.5. The molecule has 3 aromatic rings. The van der Waals surface area contributed by atoms with Crippen molar-refractivity contribution in [3.63, 3.8) is 0 Å². The largest absolute Gasteiger partial charge is 0.497 e. The number of carbonyl (C=O) groups excluding carboxylic acids is 1. The number of benzene rings is 2. The number of sulfonamides is 1. The van der Waals surface area contributed by atoms with Crippen LogP contribution >= 0.6 is 0 Å². The zero-order valence-corrected chi connectivity index (χ0v) is 18.1. The van der Waals surface area contributed by atoms with Crippen molar-refractivity contribution in [2.45, 2.75) is 18.7 Å². The Labute approximate surface area is 176 Å². The molecule has 0 aliphatic carbocycles. The molecule has 4 rings (SSSR count). The summed E-state index contributed by atoms with van der Waals surface area (Å²) in [5.74, 6) is 0.533. The quantitative estimate of drug-likeness (QED) is 0.694. The van der Waals surface area contributed by atoms with Crippen molar-refractivity contribution in [3.8, 4) is 5.75 Å². The molecule has 0 unspecified atom stereocenters. The molecule has 1 amide bonds. The lowest BCUT2D eigenvalue weighted by atomic mass is 10.1. The Hall–Kier alpha value is -2.84. The number of H-pyrrole nitrogens is 1. The monoisotopic (exact) mass is 427 g/mol. The zero-order chi connectivity index (χ0) is 21.5. The summed E-state index contributed by atoms with van der Waals surface area (Å²) in [4.78, 5) is 18.3. The van der Waals surface area contributed by atoms with E-state index >= 15 is 0 Å². The second kappa shape index (κ2) is 7.77. The predicted molar refractivity (Wildman–Crippen MR) is 115 cm³/mol. The standard InChI is InChI=1S/C22H25N3O4S/c1-15-16(2)23-21-9-4-17(14-20(15)21)22(26)24-10-12-25(13-11-24)30(27,28)19-7-5-18(29-3)6-8-19/h4-9,14,23H,10-13H2,1-3H3. The molecule has 0 radical (unpaired) electrons. The van der Waals surface area contributed by atoms with Crippen molar-refractivity contribution in [3.05, 3.63) is 59.3 Å². The number of amides is 1. The fourth-order valence-electron chi connectivity index (χ4n) is 3.81. The number of aryl methyl sites for hydroxylation is 2. The number of hydrogen-bond donors (Lipinski definition) is 1. The van der Waals surface area contributed by atoms with Gasteiger partial charge in [-0.3, -0.25) is 4.79 Å². The van der Waals surface area contributed by atoms with Crippen molar-refractivity contribution >= 4 is 26.8 Å². The first kappa shape index (κ1) is 20.4. The molecule has 2 aromatic carbocycles. The van der Waals surface area contributed by atoms with Crippen LogP contribution < -0.4 is 4.74 Å². The van der Waals surface area contributed by atoms with E-state index in [1.807, 2.05) is 32.0 Å². The Balaban J connectivity index is 1.47. The van der Waals surface area contributed by atoms with Gasteiger partial charge in [0.05, 0.1) is 12.0 Å². The van der Waals surface area contributed by atoms with Crippen LogP contribution in [0.2, 0.25) is 0 Å². The van der Waals surface area contributed by atoms with E-state index in [-0.39, 0.29) is 23.9 Å². The summed E-state index contributed by atoms with van der Waals surface area (Å²) in [6.07, 6.45) is 0. The van der Waals surface area contributed by atoms with Gasteiger partial charge in [0.1, 0.15) is 5.75 Å². The Kier molecular flexibility index (Phi) is 5.29. The summed E-state index contributed by atoms with van der Waals surface area (Å²) in [6, 6.07) is 12.0. The molecule has 1 aliphatic rings. The van der Waals surface area contributed by atoms with Gasteiger partial charge in [-0.25, -0.2) is 8.42 Å². The highest BCUT2D eigenvalue weighted by atomic mass is 32.2. The van der Waals surface area contributed by atoms with Crippen LogP contribution in [0.4, 0.5) is 0 Å². The minimum Gasteiger partial charge on any atom is -0.497 e. The lowest BCUT2D eigenvalue weighted by Crippen LogP contribution is -2.50. The van der Waals surface area contributed by atoms with Crippen LogP contribution in [0.15, 0.2) is 47.4 Å². The topological polar surface area (TPSA) is 82.7 Å². The molecule has 1 aliphatic heterocycles. The van der Waals surface area contributed by atoms with Gasteiger partial charge in [0.2, 0.25) is 10.0 Å². The first-order valence-corrected chi connectivity index (χ1v) is 11.3. The minimum absolute atomic E-state index is 0.0725. The number of piperazine rings is 1. The van der Waals surface area contributed by atoms with E-state index in [4.69, 9.17) is 4.74 Å². The van der Waals surface area contributed by atoms with Crippen LogP contribution in [-0.2, 0) is 10.0 Å². The summed E-state index contributed by atoms with van der Waals surface area (Å²) in [5.41, 5.74) is 3.86. The fraction of sp³-hybridized carbons (Fsp3) is 0.318. The fourth-order valence-corrected chi connectivity index (χ4v) is 5.23. The van der Waals surface area contributed by atoms with Gasteiger partial charge >= 0.3 is 0 Å². The zero-order valence-electron chi connectivity index (χ0n) is 17.3. The molecule has 1 aromatic heterocycles. The molecule has 158 valence electrons. The highest BCUT2D eigenvalue weighted by Gasteiger charge is 2.30. The van der Waals surface area contributed by atoms with Crippen LogP contribution in [0.1, 0.15) is 21.6 Å². The van der Waals surface area contributed by atoms with Crippen molar-refractivity contribution in [2.75, 3.05) is 33.3 Å². The van der Waals surface area contributed by atoms with Gasteiger partial charge in [0.15, 0.2) is 0 Å². The van der Waals surface area contributed by atoms with Crippen molar-refractivity contribution < 1.29 is 17.9 Å². The molecule has 7 nitrogen and oxygen atoms in total. The maximum atomic E-state index is 13.0. The number of fused-ring (bicyclic) bond motifs is 1. The maximum Gasteiger partial charge on any atom is 0.253 e. The number of aromatic amines is 1. The summed E-state index contributed by atoms with van der Waals surface area (Å²) in [7, 11) is -2.06. The number of hydrogen-bond acceptors (Lipinski definition) is 4.